The SMILES string of the molecule is CC(C)(C)OC(=O)N1CCN(c2ccc(Nc3ncc(C(F)(F)F)c(Cl)n3)cc2)CC1. The number of carbonyl (C=O) groups is 1. The minimum Gasteiger partial charge on any atom is -0.444 e. The van der Waals surface area contributed by atoms with Gasteiger partial charge in [0, 0.05) is 43.8 Å². The Labute approximate surface area is 183 Å². The van der Waals surface area contributed by atoms with Gasteiger partial charge in [-0.1, -0.05) is 11.6 Å². The summed E-state index contributed by atoms with van der Waals surface area (Å²) in [6.45, 7) is 7.91. The van der Waals surface area contributed by atoms with E-state index in [1.807, 2.05) is 32.9 Å². The van der Waals surface area contributed by atoms with Crippen LogP contribution in [0.15, 0.2) is 30.5 Å². The normalized spacial score (nSPS) is 15.1. The number of hydrogen-bond acceptors (Lipinski definition) is 6. The number of rotatable bonds is 3. The maximum absolute atomic E-state index is 12.8. The summed E-state index contributed by atoms with van der Waals surface area (Å²) in [5, 5.41) is 2.17. The lowest BCUT2D eigenvalue weighted by Crippen LogP contribution is -2.50. The number of amides is 1. The minimum absolute atomic E-state index is 0.0308. The zero-order valence-electron chi connectivity index (χ0n) is 17.3. The number of ether oxygens (including phenoxy) is 1. The van der Waals surface area contributed by atoms with Crippen LogP contribution in [0.5, 0.6) is 0 Å². The maximum atomic E-state index is 12.8. The minimum atomic E-state index is -4.61. The predicted molar refractivity (Wildman–Crippen MR) is 112 cm³/mol. The van der Waals surface area contributed by atoms with Gasteiger partial charge in [0.05, 0.1) is 0 Å². The van der Waals surface area contributed by atoms with Gasteiger partial charge in [-0.3, -0.25) is 0 Å². The predicted octanol–water partition coefficient (Wildman–Crippen LogP) is 4.95. The Bertz CT molecular complexity index is 924. The number of aromatic nitrogens is 2. The van der Waals surface area contributed by atoms with Crippen LogP contribution in [0.3, 0.4) is 0 Å². The monoisotopic (exact) mass is 457 g/mol. The fourth-order valence-corrected chi connectivity index (χ4v) is 3.21. The van der Waals surface area contributed by atoms with Crippen molar-refractivity contribution in [1.82, 2.24) is 14.9 Å². The van der Waals surface area contributed by atoms with E-state index in [2.05, 4.69) is 20.2 Å². The molecule has 168 valence electrons. The molecule has 1 fully saturated rings. The van der Waals surface area contributed by atoms with Gasteiger partial charge in [-0.25, -0.2) is 14.8 Å². The second-order valence-electron chi connectivity index (χ2n) is 8.02. The Morgan fingerprint density at radius 3 is 2.23 bits per heavy atom. The highest BCUT2D eigenvalue weighted by Gasteiger charge is 2.34. The second-order valence-corrected chi connectivity index (χ2v) is 8.38. The largest absolute Gasteiger partial charge is 0.444 e. The molecule has 11 heteroatoms. The molecule has 2 aromatic rings. The number of benzene rings is 1. The van der Waals surface area contributed by atoms with Crippen LogP contribution in [0.2, 0.25) is 5.15 Å². The summed E-state index contributed by atoms with van der Waals surface area (Å²) < 4.78 is 43.7. The molecule has 0 aliphatic carbocycles. The average Bonchev–Trinajstić information content (AvgIpc) is 2.66. The number of anilines is 3. The van der Waals surface area contributed by atoms with E-state index in [0.717, 1.165) is 5.69 Å². The van der Waals surface area contributed by atoms with Crippen LogP contribution >= 0.6 is 11.6 Å². The second kappa shape index (κ2) is 8.78. The zero-order valence-corrected chi connectivity index (χ0v) is 18.1. The van der Waals surface area contributed by atoms with Crippen LogP contribution in [0.4, 0.5) is 35.3 Å². The first-order chi connectivity index (χ1) is 14.4. The van der Waals surface area contributed by atoms with Gasteiger partial charge in [-0.05, 0) is 45.0 Å². The summed E-state index contributed by atoms with van der Waals surface area (Å²) >= 11 is 5.62. The molecular weight excluding hydrogens is 435 g/mol. The van der Waals surface area contributed by atoms with E-state index in [0.29, 0.717) is 38.1 Å². The van der Waals surface area contributed by atoms with E-state index < -0.39 is 22.5 Å². The van der Waals surface area contributed by atoms with Crippen molar-refractivity contribution in [1.29, 1.82) is 0 Å². The molecule has 2 heterocycles. The van der Waals surface area contributed by atoms with E-state index in [-0.39, 0.29) is 12.0 Å². The topological polar surface area (TPSA) is 70.6 Å². The molecule has 1 aliphatic heterocycles. The van der Waals surface area contributed by atoms with Crippen molar-refractivity contribution in [3.63, 3.8) is 0 Å². The van der Waals surface area contributed by atoms with Gasteiger partial charge in [-0.2, -0.15) is 13.2 Å². The molecule has 0 atom stereocenters. The van der Waals surface area contributed by atoms with Crippen molar-refractivity contribution in [3.8, 4) is 0 Å². The Morgan fingerprint density at radius 1 is 1.10 bits per heavy atom. The fourth-order valence-electron chi connectivity index (χ4n) is 2.97. The van der Waals surface area contributed by atoms with E-state index in [9.17, 15) is 18.0 Å². The van der Waals surface area contributed by atoms with E-state index >= 15 is 0 Å². The summed E-state index contributed by atoms with van der Waals surface area (Å²) in [7, 11) is 0. The number of alkyl halides is 3. The standard InChI is InChI=1S/C20H23ClF3N5O2/c1-19(2,3)31-18(30)29-10-8-28(9-11-29)14-6-4-13(5-7-14)26-17-25-12-15(16(21)27-17)20(22,23)24/h4-7,12H,8-11H2,1-3H3,(H,25,26,27). The molecule has 31 heavy (non-hydrogen) atoms. The lowest BCUT2D eigenvalue weighted by Gasteiger charge is -2.36. The highest BCUT2D eigenvalue weighted by molar-refractivity contribution is 6.30. The highest BCUT2D eigenvalue weighted by Crippen LogP contribution is 2.33. The number of halogens is 4. The van der Waals surface area contributed by atoms with Crippen LogP contribution in [0, 0.1) is 0 Å². The lowest BCUT2D eigenvalue weighted by atomic mass is 10.2. The van der Waals surface area contributed by atoms with E-state index in [1.165, 1.54) is 0 Å². The molecule has 3 rings (SSSR count). The van der Waals surface area contributed by atoms with Gasteiger partial charge in [0.1, 0.15) is 16.3 Å². The van der Waals surface area contributed by atoms with Gasteiger partial charge in [0.25, 0.3) is 0 Å². The van der Waals surface area contributed by atoms with Gasteiger partial charge in [0.2, 0.25) is 5.95 Å². The van der Waals surface area contributed by atoms with Gasteiger partial charge in [0.15, 0.2) is 0 Å². The fraction of sp³-hybridized carbons (Fsp3) is 0.450. The number of nitrogens with zero attached hydrogens (tertiary/aromatic N) is 4. The first kappa shape index (κ1) is 22.9. The molecule has 7 nitrogen and oxygen atoms in total. The highest BCUT2D eigenvalue weighted by atomic mass is 35.5. The van der Waals surface area contributed by atoms with Crippen molar-refractivity contribution in [3.05, 3.63) is 41.2 Å². The smallest absolute Gasteiger partial charge is 0.420 e. The Kier molecular flexibility index (Phi) is 6.49. The zero-order chi connectivity index (χ0) is 22.8. The Balaban J connectivity index is 1.58. The molecule has 0 radical (unpaired) electrons. The molecule has 0 saturated carbocycles. The third-order valence-corrected chi connectivity index (χ3v) is 4.76. The third kappa shape index (κ3) is 6.13. The number of piperazine rings is 1. The molecule has 1 N–H and O–H groups in total. The van der Waals surface area contributed by atoms with Crippen molar-refractivity contribution in [2.24, 2.45) is 0 Å². The molecule has 1 aromatic heterocycles. The molecule has 0 unspecified atom stereocenters. The molecule has 1 amide bonds. The summed E-state index contributed by atoms with van der Waals surface area (Å²) in [6, 6.07) is 7.28. The quantitative estimate of drug-likeness (QED) is 0.658. The summed E-state index contributed by atoms with van der Waals surface area (Å²) in [4.78, 5) is 23.3. The van der Waals surface area contributed by atoms with Crippen LogP contribution in [0.25, 0.3) is 0 Å². The molecule has 1 saturated heterocycles. The first-order valence-corrected chi connectivity index (χ1v) is 10.00. The molecule has 1 aliphatic rings. The number of carbonyl (C=O) groups excluding carboxylic acids is 1. The molecule has 0 spiro atoms. The van der Waals surface area contributed by atoms with Crippen molar-refractivity contribution in [2.45, 2.75) is 32.5 Å². The van der Waals surface area contributed by atoms with Gasteiger partial charge in [-0.15, -0.1) is 0 Å². The lowest BCUT2D eigenvalue weighted by molar-refractivity contribution is -0.137. The maximum Gasteiger partial charge on any atom is 0.420 e. The van der Waals surface area contributed by atoms with Crippen LogP contribution in [-0.4, -0.2) is 52.7 Å². The van der Waals surface area contributed by atoms with Gasteiger partial charge >= 0.3 is 12.3 Å². The third-order valence-electron chi connectivity index (χ3n) is 4.47. The number of hydrogen-bond donors (Lipinski definition) is 1. The Hall–Kier alpha value is -2.75. The first-order valence-electron chi connectivity index (χ1n) is 9.62. The van der Waals surface area contributed by atoms with Crippen molar-refractivity contribution in [2.75, 3.05) is 36.4 Å². The summed E-state index contributed by atoms with van der Waals surface area (Å²) in [5.41, 5.74) is -0.0498. The van der Waals surface area contributed by atoms with Crippen LogP contribution in [0.1, 0.15) is 26.3 Å². The van der Waals surface area contributed by atoms with E-state index in [4.69, 9.17) is 16.3 Å². The van der Waals surface area contributed by atoms with Crippen molar-refractivity contribution < 1.29 is 22.7 Å². The van der Waals surface area contributed by atoms with E-state index in [1.54, 1.807) is 17.0 Å². The summed E-state index contributed by atoms with van der Waals surface area (Å²) in [6.07, 6.45) is -4.28. The van der Waals surface area contributed by atoms with Crippen LogP contribution in [-0.2, 0) is 10.9 Å². The summed E-state index contributed by atoms with van der Waals surface area (Å²) in [5.74, 6) is -0.0308. The number of nitrogens with one attached hydrogen (secondary N) is 1. The average molecular weight is 458 g/mol. The Morgan fingerprint density at radius 2 is 1.71 bits per heavy atom. The molecular formula is C20H23ClF3N5O2. The van der Waals surface area contributed by atoms with Crippen LogP contribution < -0.4 is 10.2 Å². The molecule has 1 aromatic carbocycles. The van der Waals surface area contributed by atoms with Gasteiger partial charge < -0.3 is 19.9 Å². The van der Waals surface area contributed by atoms with Crippen molar-refractivity contribution >= 4 is 35.0 Å². The molecule has 0 bridgehead atoms.